The normalized spacial score (nSPS) is 9.31. The van der Waals surface area contributed by atoms with Crippen molar-refractivity contribution in [3.8, 4) is 0 Å². The molecule has 0 spiro atoms. The molecular formula is C10H8O3. The maximum atomic E-state index is 11.1. The molecule has 0 unspecified atom stereocenters. The zero-order valence-corrected chi connectivity index (χ0v) is 7.11. The van der Waals surface area contributed by atoms with Gasteiger partial charge in [0.15, 0.2) is 6.29 Å². The molecule has 1 aromatic carbocycles. The molecule has 1 rings (SSSR count). The summed E-state index contributed by atoms with van der Waals surface area (Å²) < 4.78 is 0. The summed E-state index contributed by atoms with van der Waals surface area (Å²) in [6.45, 7) is 1.87. The lowest BCUT2D eigenvalue weighted by Gasteiger charge is -1.95. The minimum Gasteiger partial charge on any atom is -0.294 e. The van der Waals surface area contributed by atoms with Crippen LogP contribution in [0.5, 0.6) is 0 Å². The van der Waals surface area contributed by atoms with E-state index < -0.39 is 11.6 Å². The number of ketones is 2. The number of hydrogen-bond acceptors (Lipinski definition) is 3. The average molecular weight is 176 g/mol. The summed E-state index contributed by atoms with van der Waals surface area (Å²) in [5.74, 6) is -1.76. The Morgan fingerprint density at radius 1 is 1.15 bits per heavy atom. The van der Waals surface area contributed by atoms with Gasteiger partial charge < -0.3 is 0 Å². The van der Waals surface area contributed by atoms with Gasteiger partial charge in [0.1, 0.15) is 0 Å². The second-order valence-electron chi connectivity index (χ2n) is 2.68. The van der Waals surface area contributed by atoms with Gasteiger partial charge in [0.05, 0.1) is 0 Å². The van der Waals surface area contributed by atoms with Crippen LogP contribution < -0.4 is 0 Å². The fourth-order valence-electron chi connectivity index (χ4n) is 0.901. The topological polar surface area (TPSA) is 51.2 Å². The van der Waals surface area contributed by atoms with Gasteiger partial charge in [-0.15, -0.1) is 0 Å². The molecule has 0 saturated heterocycles. The van der Waals surface area contributed by atoms with Crippen LogP contribution in [0.4, 0.5) is 0 Å². The lowest BCUT2D eigenvalue weighted by Crippen LogP contribution is -2.14. The van der Waals surface area contributed by atoms with Crippen molar-refractivity contribution in [3.05, 3.63) is 35.4 Å². The highest BCUT2D eigenvalue weighted by Gasteiger charge is 2.13. The van der Waals surface area contributed by atoms with Crippen LogP contribution in [0.1, 0.15) is 15.9 Å². The average Bonchev–Trinajstić information content (AvgIpc) is 2.17. The predicted octanol–water partition coefficient (Wildman–Crippen LogP) is 0.946. The number of hydrogen-bond donors (Lipinski definition) is 0. The summed E-state index contributed by atoms with van der Waals surface area (Å²) in [5.41, 5.74) is 1.25. The Balaban J connectivity index is 2.96. The molecule has 0 amide bonds. The molecule has 0 aromatic heterocycles. The predicted molar refractivity (Wildman–Crippen MR) is 46.6 cm³/mol. The summed E-state index contributed by atoms with van der Waals surface area (Å²) >= 11 is 0. The first-order valence-corrected chi connectivity index (χ1v) is 3.75. The van der Waals surface area contributed by atoms with Crippen molar-refractivity contribution in [2.45, 2.75) is 6.92 Å². The Hall–Kier alpha value is -1.77. The van der Waals surface area contributed by atoms with Crippen molar-refractivity contribution in [2.24, 2.45) is 0 Å². The third kappa shape index (κ3) is 2.08. The number of aryl methyl sites for hydroxylation is 1. The molecule has 0 aliphatic carbocycles. The van der Waals surface area contributed by atoms with E-state index in [-0.39, 0.29) is 11.8 Å². The number of rotatable bonds is 3. The highest BCUT2D eigenvalue weighted by Crippen LogP contribution is 2.03. The minimum absolute atomic E-state index is 0.0300. The smallest absolute Gasteiger partial charge is 0.265 e. The fraction of sp³-hybridized carbons (Fsp3) is 0.100. The van der Waals surface area contributed by atoms with Crippen LogP contribution >= 0.6 is 0 Å². The van der Waals surface area contributed by atoms with Gasteiger partial charge in [0.25, 0.3) is 5.78 Å². The number of carbonyl (C=O) groups is 3. The molecule has 0 N–H and O–H groups in total. The quantitative estimate of drug-likeness (QED) is 0.298. The molecule has 0 aliphatic rings. The van der Waals surface area contributed by atoms with E-state index in [0.29, 0.717) is 0 Å². The van der Waals surface area contributed by atoms with Crippen molar-refractivity contribution >= 4 is 17.9 Å². The van der Waals surface area contributed by atoms with Crippen molar-refractivity contribution in [1.29, 1.82) is 0 Å². The van der Waals surface area contributed by atoms with Gasteiger partial charge >= 0.3 is 0 Å². The molecule has 66 valence electrons. The van der Waals surface area contributed by atoms with Crippen LogP contribution in [0, 0.1) is 6.92 Å². The van der Waals surface area contributed by atoms with Gasteiger partial charge in [-0.2, -0.15) is 0 Å². The summed E-state index contributed by atoms with van der Waals surface area (Å²) in [6.07, 6.45) is 0.0300. The van der Waals surface area contributed by atoms with E-state index in [4.69, 9.17) is 0 Å². The molecule has 0 fully saturated rings. The van der Waals surface area contributed by atoms with E-state index in [1.54, 1.807) is 12.1 Å². The Labute approximate surface area is 75.4 Å². The van der Waals surface area contributed by atoms with Gasteiger partial charge in [-0.1, -0.05) is 29.8 Å². The lowest BCUT2D eigenvalue weighted by atomic mass is 10.1. The zero-order valence-electron chi connectivity index (χ0n) is 7.11. The van der Waals surface area contributed by atoms with Crippen LogP contribution in [0.25, 0.3) is 0 Å². The molecule has 0 bridgehead atoms. The van der Waals surface area contributed by atoms with E-state index in [2.05, 4.69) is 0 Å². The van der Waals surface area contributed by atoms with E-state index in [9.17, 15) is 14.4 Å². The molecule has 0 aliphatic heterocycles. The molecule has 3 nitrogen and oxygen atoms in total. The van der Waals surface area contributed by atoms with Crippen LogP contribution in [0.2, 0.25) is 0 Å². The van der Waals surface area contributed by atoms with Crippen LogP contribution in [0.15, 0.2) is 24.3 Å². The summed E-state index contributed by atoms with van der Waals surface area (Å²) in [6, 6.07) is 6.48. The van der Waals surface area contributed by atoms with Gasteiger partial charge in [0.2, 0.25) is 5.78 Å². The number of aldehydes is 1. The van der Waals surface area contributed by atoms with Crippen molar-refractivity contribution in [1.82, 2.24) is 0 Å². The third-order valence-corrected chi connectivity index (χ3v) is 1.64. The summed E-state index contributed by atoms with van der Waals surface area (Å²) in [5, 5.41) is 0. The van der Waals surface area contributed by atoms with E-state index in [1.807, 2.05) is 6.92 Å². The summed E-state index contributed by atoms with van der Waals surface area (Å²) in [7, 11) is 0. The van der Waals surface area contributed by atoms with Gasteiger partial charge in [-0.25, -0.2) is 0 Å². The number of Topliss-reactive ketones (excluding diaryl/α,β-unsaturated/α-hetero) is 2. The Kier molecular flexibility index (Phi) is 2.69. The van der Waals surface area contributed by atoms with Crippen LogP contribution in [0.3, 0.4) is 0 Å². The first-order chi connectivity index (χ1) is 6.15. The SMILES string of the molecule is Cc1ccc(C(=O)C(=O)C=O)cc1. The molecule has 0 saturated carbocycles. The highest BCUT2D eigenvalue weighted by molar-refractivity contribution is 6.61. The maximum Gasteiger partial charge on any atom is 0.265 e. The molecule has 3 heteroatoms. The maximum absolute atomic E-state index is 11.1. The standard InChI is InChI=1S/C10H8O3/c1-7-2-4-8(5-3-7)10(13)9(12)6-11/h2-6H,1H3. The molecule has 0 heterocycles. The second kappa shape index (κ2) is 3.76. The number of carbonyl (C=O) groups excluding carboxylic acids is 3. The summed E-state index contributed by atoms with van der Waals surface area (Å²) in [4.78, 5) is 31.8. The first kappa shape index (κ1) is 9.32. The first-order valence-electron chi connectivity index (χ1n) is 3.75. The van der Waals surface area contributed by atoms with E-state index in [0.717, 1.165) is 5.56 Å². The van der Waals surface area contributed by atoms with Crippen LogP contribution in [-0.4, -0.2) is 17.9 Å². The molecular weight excluding hydrogens is 168 g/mol. The minimum atomic E-state index is -1.01. The lowest BCUT2D eigenvalue weighted by molar-refractivity contribution is -0.126. The molecule has 0 radical (unpaired) electrons. The van der Waals surface area contributed by atoms with Gasteiger partial charge in [0, 0.05) is 5.56 Å². The second-order valence-corrected chi connectivity index (χ2v) is 2.68. The molecule has 0 atom stereocenters. The Bertz CT molecular complexity index is 349. The number of benzene rings is 1. The monoisotopic (exact) mass is 176 g/mol. The van der Waals surface area contributed by atoms with Crippen molar-refractivity contribution in [2.75, 3.05) is 0 Å². The van der Waals surface area contributed by atoms with Crippen molar-refractivity contribution < 1.29 is 14.4 Å². The van der Waals surface area contributed by atoms with Gasteiger partial charge in [-0.3, -0.25) is 14.4 Å². The Morgan fingerprint density at radius 2 is 1.69 bits per heavy atom. The molecule has 1 aromatic rings. The van der Waals surface area contributed by atoms with Gasteiger partial charge in [-0.05, 0) is 6.92 Å². The Morgan fingerprint density at radius 3 is 2.15 bits per heavy atom. The highest BCUT2D eigenvalue weighted by atomic mass is 16.2. The molecule has 13 heavy (non-hydrogen) atoms. The van der Waals surface area contributed by atoms with Crippen LogP contribution in [-0.2, 0) is 9.59 Å². The van der Waals surface area contributed by atoms with E-state index in [1.165, 1.54) is 12.1 Å². The fourth-order valence-corrected chi connectivity index (χ4v) is 0.901. The largest absolute Gasteiger partial charge is 0.294 e. The van der Waals surface area contributed by atoms with E-state index >= 15 is 0 Å². The van der Waals surface area contributed by atoms with Crippen molar-refractivity contribution in [3.63, 3.8) is 0 Å². The third-order valence-electron chi connectivity index (χ3n) is 1.64. The zero-order chi connectivity index (χ0) is 9.84.